The molecule has 0 N–H and O–H groups in total. The molecule has 1 aromatic carbocycles. The van der Waals surface area contributed by atoms with Gasteiger partial charge < -0.3 is 4.74 Å². The molecule has 1 saturated heterocycles. The van der Waals surface area contributed by atoms with Crippen molar-refractivity contribution in [2.75, 3.05) is 6.61 Å². The highest BCUT2D eigenvalue weighted by molar-refractivity contribution is 5.49. The first-order valence-corrected chi connectivity index (χ1v) is 6.75. The van der Waals surface area contributed by atoms with Gasteiger partial charge in [0, 0.05) is 12.5 Å². The van der Waals surface area contributed by atoms with E-state index in [2.05, 4.69) is 49.4 Å². The summed E-state index contributed by atoms with van der Waals surface area (Å²) in [5, 5.41) is 0. The third-order valence-corrected chi connectivity index (χ3v) is 3.44. The number of unbranched alkanes of at least 4 members (excludes halogenated alkanes) is 1. The number of ether oxygens (including phenoxy) is 1. The molecule has 1 nitrogen and oxygen atoms in total. The quantitative estimate of drug-likeness (QED) is 0.733. The van der Waals surface area contributed by atoms with Gasteiger partial charge in [0.2, 0.25) is 0 Å². The average molecular weight is 230 g/mol. The summed E-state index contributed by atoms with van der Waals surface area (Å²) in [6, 6.07) is 10.5. The molecule has 1 fully saturated rings. The molecule has 1 heteroatoms. The Labute approximate surface area is 104 Å². The Morgan fingerprint density at radius 3 is 2.88 bits per heavy atom. The Hall–Kier alpha value is -1.08. The van der Waals surface area contributed by atoms with Gasteiger partial charge in [-0.3, -0.25) is 0 Å². The van der Waals surface area contributed by atoms with Crippen molar-refractivity contribution < 1.29 is 4.74 Å². The molecular weight excluding hydrogens is 208 g/mol. The summed E-state index contributed by atoms with van der Waals surface area (Å²) in [4.78, 5) is 0. The highest BCUT2D eigenvalue weighted by atomic mass is 16.5. The topological polar surface area (TPSA) is 9.23 Å². The lowest BCUT2D eigenvalue weighted by molar-refractivity contribution is 0.0902. The fraction of sp³-hybridized carbons (Fsp3) is 0.500. The molecule has 92 valence electrons. The minimum Gasteiger partial charge on any atom is -0.378 e. The molecule has 0 bridgehead atoms. The van der Waals surface area contributed by atoms with Crippen molar-refractivity contribution in [3.05, 3.63) is 42.0 Å². The highest BCUT2D eigenvalue weighted by Gasteiger charge is 2.25. The minimum absolute atomic E-state index is 0.454. The molecule has 0 amide bonds. The number of hydrogen-bond acceptors (Lipinski definition) is 1. The van der Waals surface area contributed by atoms with Crippen LogP contribution < -0.4 is 0 Å². The SMILES string of the molecule is CCCC[C@H]1OCCC1/C=C\c1ccccc1. The largest absolute Gasteiger partial charge is 0.378 e. The highest BCUT2D eigenvalue weighted by Crippen LogP contribution is 2.26. The summed E-state index contributed by atoms with van der Waals surface area (Å²) in [6.45, 7) is 3.17. The van der Waals surface area contributed by atoms with E-state index in [4.69, 9.17) is 4.74 Å². The maximum Gasteiger partial charge on any atom is 0.0638 e. The summed E-state index contributed by atoms with van der Waals surface area (Å²) in [7, 11) is 0. The van der Waals surface area contributed by atoms with Crippen LogP contribution in [0.2, 0.25) is 0 Å². The first-order chi connectivity index (χ1) is 8.40. The van der Waals surface area contributed by atoms with Crippen molar-refractivity contribution in [2.24, 2.45) is 5.92 Å². The number of rotatable bonds is 5. The lowest BCUT2D eigenvalue weighted by atomic mass is 9.96. The second kappa shape index (κ2) is 6.61. The van der Waals surface area contributed by atoms with Crippen LogP contribution in [0.3, 0.4) is 0 Å². The van der Waals surface area contributed by atoms with Gasteiger partial charge in [0.1, 0.15) is 0 Å². The normalized spacial score (nSPS) is 24.5. The summed E-state index contributed by atoms with van der Waals surface area (Å²) < 4.78 is 5.80. The lowest BCUT2D eigenvalue weighted by Crippen LogP contribution is -2.13. The smallest absolute Gasteiger partial charge is 0.0638 e. The number of hydrogen-bond donors (Lipinski definition) is 0. The summed E-state index contributed by atoms with van der Waals surface area (Å²) in [6.07, 6.45) is 9.95. The van der Waals surface area contributed by atoms with Crippen LogP contribution in [0.1, 0.15) is 38.2 Å². The van der Waals surface area contributed by atoms with Crippen molar-refractivity contribution in [2.45, 2.75) is 38.7 Å². The van der Waals surface area contributed by atoms with E-state index in [-0.39, 0.29) is 0 Å². The first kappa shape index (κ1) is 12.4. The van der Waals surface area contributed by atoms with Crippen LogP contribution in [0.5, 0.6) is 0 Å². The third-order valence-electron chi connectivity index (χ3n) is 3.44. The average Bonchev–Trinajstić information content (AvgIpc) is 2.82. The van der Waals surface area contributed by atoms with Crippen LogP contribution >= 0.6 is 0 Å². The predicted molar refractivity (Wildman–Crippen MR) is 72.8 cm³/mol. The molecule has 0 radical (unpaired) electrons. The third kappa shape index (κ3) is 3.71. The van der Waals surface area contributed by atoms with E-state index in [1.54, 1.807) is 0 Å². The van der Waals surface area contributed by atoms with E-state index in [0.717, 1.165) is 6.61 Å². The molecule has 0 aromatic heterocycles. The van der Waals surface area contributed by atoms with Gasteiger partial charge >= 0.3 is 0 Å². The molecule has 17 heavy (non-hydrogen) atoms. The molecule has 1 aromatic rings. The molecule has 1 heterocycles. The van der Waals surface area contributed by atoms with Crippen molar-refractivity contribution in [1.29, 1.82) is 0 Å². The maximum atomic E-state index is 5.80. The summed E-state index contributed by atoms with van der Waals surface area (Å²) in [5.74, 6) is 0.613. The van der Waals surface area contributed by atoms with Crippen molar-refractivity contribution in [1.82, 2.24) is 0 Å². The van der Waals surface area contributed by atoms with Crippen LogP contribution in [0, 0.1) is 5.92 Å². The van der Waals surface area contributed by atoms with Gasteiger partial charge in [-0.15, -0.1) is 0 Å². The monoisotopic (exact) mass is 230 g/mol. The van der Waals surface area contributed by atoms with Gasteiger partial charge in [-0.2, -0.15) is 0 Å². The van der Waals surface area contributed by atoms with Gasteiger partial charge in [0.15, 0.2) is 0 Å². The summed E-state index contributed by atoms with van der Waals surface area (Å²) in [5.41, 5.74) is 1.29. The second-order valence-electron chi connectivity index (χ2n) is 4.77. The standard InChI is InChI=1S/C16H22O/c1-2-3-9-16-15(12-13-17-16)11-10-14-7-5-4-6-8-14/h4-8,10-11,15-16H,2-3,9,12-13H2,1H3/b11-10-/t15?,16-/m1/s1. The van der Waals surface area contributed by atoms with Crippen molar-refractivity contribution in [3.63, 3.8) is 0 Å². The van der Waals surface area contributed by atoms with Gasteiger partial charge in [-0.1, -0.05) is 62.2 Å². The van der Waals surface area contributed by atoms with Crippen LogP contribution in [0.15, 0.2) is 36.4 Å². The molecule has 0 spiro atoms. The Morgan fingerprint density at radius 2 is 2.12 bits per heavy atom. The number of benzene rings is 1. The maximum absolute atomic E-state index is 5.80. The fourth-order valence-corrected chi connectivity index (χ4v) is 2.39. The van der Waals surface area contributed by atoms with E-state index in [0.29, 0.717) is 12.0 Å². The Kier molecular flexibility index (Phi) is 4.81. The molecule has 1 aliphatic heterocycles. The zero-order valence-corrected chi connectivity index (χ0v) is 10.6. The zero-order valence-electron chi connectivity index (χ0n) is 10.6. The first-order valence-electron chi connectivity index (χ1n) is 6.75. The van der Waals surface area contributed by atoms with Crippen LogP contribution in [-0.4, -0.2) is 12.7 Å². The summed E-state index contributed by atoms with van der Waals surface area (Å²) >= 11 is 0. The second-order valence-corrected chi connectivity index (χ2v) is 4.77. The van der Waals surface area contributed by atoms with E-state index >= 15 is 0 Å². The molecule has 0 saturated carbocycles. The molecule has 1 unspecified atom stereocenters. The van der Waals surface area contributed by atoms with E-state index < -0.39 is 0 Å². The molecule has 0 aliphatic carbocycles. The van der Waals surface area contributed by atoms with E-state index in [9.17, 15) is 0 Å². The zero-order chi connectivity index (χ0) is 11.9. The molecule has 1 aliphatic rings. The molecule has 2 rings (SSSR count). The Balaban J connectivity index is 1.91. The lowest BCUT2D eigenvalue weighted by Gasteiger charge is -2.14. The van der Waals surface area contributed by atoms with Gasteiger partial charge in [-0.05, 0) is 18.4 Å². The van der Waals surface area contributed by atoms with E-state index in [1.807, 2.05) is 0 Å². The van der Waals surface area contributed by atoms with Gasteiger partial charge in [-0.25, -0.2) is 0 Å². The molecular formula is C16H22O. The Bertz CT molecular complexity index is 342. The van der Waals surface area contributed by atoms with Crippen LogP contribution in [0.4, 0.5) is 0 Å². The Morgan fingerprint density at radius 1 is 1.29 bits per heavy atom. The predicted octanol–water partition coefficient (Wildman–Crippen LogP) is 4.30. The minimum atomic E-state index is 0.454. The van der Waals surface area contributed by atoms with Crippen LogP contribution in [-0.2, 0) is 4.74 Å². The molecule has 2 atom stereocenters. The van der Waals surface area contributed by atoms with Gasteiger partial charge in [0.05, 0.1) is 6.10 Å². The van der Waals surface area contributed by atoms with Crippen molar-refractivity contribution in [3.8, 4) is 0 Å². The van der Waals surface area contributed by atoms with Crippen molar-refractivity contribution >= 4 is 6.08 Å². The van der Waals surface area contributed by atoms with Crippen LogP contribution in [0.25, 0.3) is 6.08 Å². The van der Waals surface area contributed by atoms with Gasteiger partial charge in [0.25, 0.3) is 0 Å². The van der Waals surface area contributed by atoms with E-state index in [1.165, 1.54) is 31.2 Å². The fourth-order valence-electron chi connectivity index (χ4n) is 2.39.